The van der Waals surface area contributed by atoms with Crippen LogP contribution in [-0.2, 0) is 6.54 Å². The predicted molar refractivity (Wildman–Crippen MR) is 63.5 cm³/mol. The van der Waals surface area contributed by atoms with Gasteiger partial charge in [-0.3, -0.25) is 4.98 Å². The van der Waals surface area contributed by atoms with Crippen LogP contribution in [0.2, 0.25) is 0 Å². The lowest BCUT2D eigenvalue weighted by atomic mass is 10.2. The smallest absolute Gasteiger partial charge is 0.144 e. The molecule has 0 bridgehead atoms. The molecule has 1 heterocycles. The first-order valence-electron chi connectivity index (χ1n) is 4.69. The van der Waals surface area contributed by atoms with Crippen LogP contribution in [0, 0.1) is 5.82 Å². The van der Waals surface area contributed by atoms with Gasteiger partial charge in [-0.15, -0.1) is 0 Å². The van der Waals surface area contributed by atoms with Crippen LogP contribution in [0.4, 0.5) is 10.2 Å². The summed E-state index contributed by atoms with van der Waals surface area (Å²) < 4.78 is 14.2. The number of nitrogens with zero attached hydrogens (tertiary/aromatic N) is 2. The van der Waals surface area contributed by atoms with E-state index in [1.165, 1.54) is 6.07 Å². The molecule has 0 radical (unpaired) electrons. The van der Waals surface area contributed by atoms with Gasteiger partial charge in [0.1, 0.15) is 11.6 Å². The van der Waals surface area contributed by atoms with Crippen LogP contribution in [0.1, 0.15) is 5.56 Å². The fraction of sp³-hybridized carbons (Fsp3) is 0.0909. The third-order valence-electron chi connectivity index (χ3n) is 2.04. The van der Waals surface area contributed by atoms with Crippen molar-refractivity contribution in [2.24, 2.45) is 0 Å². The highest BCUT2D eigenvalue weighted by atomic mass is 79.9. The van der Waals surface area contributed by atoms with Crippen molar-refractivity contribution in [2.75, 3.05) is 5.32 Å². The number of halogens is 2. The Morgan fingerprint density at radius 2 is 2.19 bits per heavy atom. The molecule has 2 rings (SSSR count). The Labute approximate surface area is 101 Å². The zero-order valence-electron chi connectivity index (χ0n) is 8.32. The van der Waals surface area contributed by atoms with Crippen molar-refractivity contribution in [3.63, 3.8) is 0 Å². The molecule has 0 saturated carbocycles. The van der Waals surface area contributed by atoms with E-state index in [1.807, 2.05) is 0 Å². The van der Waals surface area contributed by atoms with Crippen molar-refractivity contribution in [1.82, 2.24) is 9.97 Å². The molecule has 1 N–H and O–H groups in total. The summed E-state index contributed by atoms with van der Waals surface area (Å²) in [7, 11) is 0. The van der Waals surface area contributed by atoms with Crippen LogP contribution < -0.4 is 5.32 Å². The molecule has 2 aromatic rings. The molecule has 0 aliphatic heterocycles. The van der Waals surface area contributed by atoms with Gasteiger partial charge in [-0.2, -0.15) is 0 Å². The normalized spacial score (nSPS) is 10.1. The fourth-order valence-corrected chi connectivity index (χ4v) is 1.57. The van der Waals surface area contributed by atoms with E-state index in [-0.39, 0.29) is 5.82 Å². The predicted octanol–water partition coefficient (Wildman–Crippen LogP) is 2.99. The van der Waals surface area contributed by atoms with Gasteiger partial charge in [0.2, 0.25) is 0 Å². The van der Waals surface area contributed by atoms with Crippen LogP contribution in [0.5, 0.6) is 0 Å². The van der Waals surface area contributed by atoms with Crippen molar-refractivity contribution < 1.29 is 4.39 Å². The van der Waals surface area contributed by atoms with Gasteiger partial charge in [0.05, 0.1) is 6.20 Å². The molecular formula is C11H9BrFN3. The maximum atomic E-state index is 13.4. The highest BCUT2D eigenvalue weighted by Gasteiger charge is 2.02. The topological polar surface area (TPSA) is 37.8 Å². The quantitative estimate of drug-likeness (QED) is 0.940. The SMILES string of the molecule is Fc1cc(Br)ccc1CNc1cnccn1. The Bertz CT molecular complexity index is 476. The molecule has 82 valence electrons. The molecule has 0 spiro atoms. The first-order chi connectivity index (χ1) is 7.75. The van der Waals surface area contributed by atoms with E-state index in [9.17, 15) is 4.39 Å². The van der Waals surface area contributed by atoms with Gasteiger partial charge in [-0.25, -0.2) is 9.37 Å². The molecule has 3 nitrogen and oxygen atoms in total. The number of nitrogens with one attached hydrogen (secondary N) is 1. The standard InChI is InChI=1S/C11H9BrFN3/c12-9-2-1-8(10(13)5-9)6-16-11-7-14-3-4-15-11/h1-5,7H,6H2,(H,15,16). The minimum Gasteiger partial charge on any atom is -0.365 e. The number of anilines is 1. The second-order valence-electron chi connectivity index (χ2n) is 3.18. The number of aromatic nitrogens is 2. The lowest BCUT2D eigenvalue weighted by Crippen LogP contribution is -2.03. The molecule has 0 amide bonds. The highest BCUT2D eigenvalue weighted by Crippen LogP contribution is 2.16. The van der Waals surface area contributed by atoms with E-state index in [1.54, 1.807) is 30.7 Å². The van der Waals surface area contributed by atoms with Crippen molar-refractivity contribution in [3.8, 4) is 0 Å². The lowest BCUT2D eigenvalue weighted by molar-refractivity contribution is 0.612. The first-order valence-corrected chi connectivity index (χ1v) is 5.49. The van der Waals surface area contributed by atoms with Crippen molar-refractivity contribution in [3.05, 3.63) is 52.6 Å². The Kier molecular flexibility index (Phi) is 3.46. The van der Waals surface area contributed by atoms with Gasteiger partial charge in [-0.1, -0.05) is 22.0 Å². The Morgan fingerprint density at radius 3 is 2.88 bits per heavy atom. The van der Waals surface area contributed by atoms with Gasteiger partial charge in [0.25, 0.3) is 0 Å². The van der Waals surface area contributed by atoms with Gasteiger partial charge >= 0.3 is 0 Å². The first kappa shape index (κ1) is 11.0. The van der Waals surface area contributed by atoms with E-state index in [0.29, 0.717) is 17.9 Å². The zero-order chi connectivity index (χ0) is 11.4. The maximum Gasteiger partial charge on any atom is 0.144 e. The molecule has 0 unspecified atom stereocenters. The average molecular weight is 282 g/mol. The molecule has 1 aromatic carbocycles. The summed E-state index contributed by atoms with van der Waals surface area (Å²) in [5.41, 5.74) is 0.592. The molecule has 5 heteroatoms. The van der Waals surface area contributed by atoms with Crippen LogP contribution in [0.15, 0.2) is 41.3 Å². The van der Waals surface area contributed by atoms with E-state index in [4.69, 9.17) is 0 Å². The Hall–Kier alpha value is -1.49. The Morgan fingerprint density at radius 1 is 1.31 bits per heavy atom. The maximum absolute atomic E-state index is 13.4. The molecule has 0 fully saturated rings. The third kappa shape index (κ3) is 2.76. The number of rotatable bonds is 3. The summed E-state index contributed by atoms with van der Waals surface area (Å²) >= 11 is 3.21. The van der Waals surface area contributed by atoms with E-state index in [2.05, 4.69) is 31.2 Å². The number of benzene rings is 1. The molecule has 16 heavy (non-hydrogen) atoms. The summed E-state index contributed by atoms with van der Waals surface area (Å²) in [5.74, 6) is 0.385. The van der Waals surface area contributed by atoms with Gasteiger partial charge < -0.3 is 5.32 Å². The van der Waals surface area contributed by atoms with E-state index < -0.39 is 0 Å². The summed E-state index contributed by atoms with van der Waals surface area (Å²) in [6.45, 7) is 0.387. The van der Waals surface area contributed by atoms with Crippen LogP contribution in [0.25, 0.3) is 0 Å². The molecule has 1 aromatic heterocycles. The zero-order valence-corrected chi connectivity index (χ0v) is 9.91. The van der Waals surface area contributed by atoms with Gasteiger partial charge in [-0.05, 0) is 12.1 Å². The van der Waals surface area contributed by atoms with Crippen LogP contribution in [-0.4, -0.2) is 9.97 Å². The summed E-state index contributed by atoms with van der Waals surface area (Å²) in [6.07, 6.45) is 4.77. The molecule has 0 aliphatic rings. The minimum atomic E-state index is -0.245. The van der Waals surface area contributed by atoms with Gasteiger partial charge in [0.15, 0.2) is 0 Å². The second-order valence-corrected chi connectivity index (χ2v) is 4.10. The number of hydrogen-bond donors (Lipinski definition) is 1. The number of hydrogen-bond acceptors (Lipinski definition) is 3. The van der Waals surface area contributed by atoms with E-state index in [0.717, 1.165) is 4.47 Å². The van der Waals surface area contributed by atoms with Crippen LogP contribution in [0.3, 0.4) is 0 Å². The van der Waals surface area contributed by atoms with Crippen molar-refractivity contribution >= 4 is 21.7 Å². The summed E-state index contributed by atoms with van der Waals surface area (Å²) in [5, 5.41) is 2.99. The monoisotopic (exact) mass is 281 g/mol. The highest BCUT2D eigenvalue weighted by molar-refractivity contribution is 9.10. The van der Waals surface area contributed by atoms with Gasteiger partial charge in [0, 0.05) is 29.0 Å². The van der Waals surface area contributed by atoms with Crippen LogP contribution >= 0.6 is 15.9 Å². The second kappa shape index (κ2) is 5.03. The molecule has 0 saturated heterocycles. The Balaban J connectivity index is 2.05. The molecular weight excluding hydrogens is 273 g/mol. The molecule has 0 aliphatic carbocycles. The largest absolute Gasteiger partial charge is 0.365 e. The van der Waals surface area contributed by atoms with Crippen molar-refractivity contribution in [2.45, 2.75) is 6.54 Å². The third-order valence-corrected chi connectivity index (χ3v) is 2.53. The summed E-state index contributed by atoms with van der Waals surface area (Å²) in [6, 6.07) is 4.97. The summed E-state index contributed by atoms with van der Waals surface area (Å²) in [4.78, 5) is 7.94. The fourth-order valence-electron chi connectivity index (χ4n) is 1.24. The lowest BCUT2D eigenvalue weighted by Gasteiger charge is -2.06. The van der Waals surface area contributed by atoms with E-state index >= 15 is 0 Å². The minimum absolute atomic E-state index is 0.245. The molecule has 0 atom stereocenters. The van der Waals surface area contributed by atoms with Crippen molar-refractivity contribution in [1.29, 1.82) is 0 Å². The average Bonchev–Trinajstić information content (AvgIpc) is 2.29.